The Labute approximate surface area is 209 Å². The van der Waals surface area contributed by atoms with E-state index in [1.54, 1.807) is 0 Å². The number of amidine groups is 1. The summed E-state index contributed by atoms with van der Waals surface area (Å²) in [5, 5.41) is -1.14. The average Bonchev–Trinajstić information content (AvgIpc) is 3.04. The van der Waals surface area contributed by atoms with Gasteiger partial charge in [-0.2, -0.15) is 13.2 Å². The van der Waals surface area contributed by atoms with E-state index in [4.69, 9.17) is 22.8 Å². The summed E-state index contributed by atoms with van der Waals surface area (Å²) in [6.45, 7) is -0.266. The third kappa shape index (κ3) is 5.31. The summed E-state index contributed by atoms with van der Waals surface area (Å²) >= 11 is 6.93. The normalized spacial score (nSPS) is 16.9. The van der Waals surface area contributed by atoms with E-state index in [2.05, 4.69) is 10.9 Å². The van der Waals surface area contributed by atoms with Crippen LogP contribution < -0.4 is 11.2 Å². The van der Waals surface area contributed by atoms with Crippen molar-refractivity contribution in [2.75, 3.05) is 13.7 Å². The van der Waals surface area contributed by atoms with Gasteiger partial charge in [0, 0.05) is 20.2 Å². The van der Waals surface area contributed by atoms with Crippen LogP contribution in [-0.2, 0) is 27.5 Å². The van der Waals surface area contributed by atoms with E-state index in [1.165, 1.54) is 7.05 Å². The predicted octanol–water partition coefficient (Wildman–Crippen LogP) is 2.48. The summed E-state index contributed by atoms with van der Waals surface area (Å²) in [5.74, 6) is -0.274. The van der Waals surface area contributed by atoms with E-state index < -0.39 is 51.8 Å². The molecule has 0 spiro atoms. The van der Waals surface area contributed by atoms with Crippen LogP contribution in [0, 0.1) is 18.2 Å². The van der Waals surface area contributed by atoms with Crippen LogP contribution in [0.25, 0.3) is 5.69 Å². The van der Waals surface area contributed by atoms with Crippen LogP contribution in [0.4, 0.5) is 23.2 Å². The largest absolute Gasteiger partial charge is 0.452 e. The van der Waals surface area contributed by atoms with E-state index in [-0.39, 0.29) is 44.1 Å². The molecule has 1 fully saturated rings. The van der Waals surface area contributed by atoms with Gasteiger partial charge >= 0.3 is 17.8 Å². The fourth-order valence-electron chi connectivity index (χ4n) is 3.14. The van der Waals surface area contributed by atoms with Crippen molar-refractivity contribution in [1.29, 1.82) is 0 Å². The molecule has 1 amide bonds. The highest BCUT2D eigenvalue weighted by Crippen LogP contribution is 2.35. The molecule has 0 N–H and O–H groups in total. The molecule has 1 aromatic heterocycles. The van der Waals surface area contributed by atoms with Gasteiger partial charge in [0.05, 0.1) is 22.8 Å². The number of aromatic nitrogens is 2. The smallest absolute Gasteiger partial charge is 0.431 e. The molecule has 0 radical (unpaired) electrons. The molecule has 1 atom stereocenters. The van der Waals surface area contributed by atoms with Crippen LogP contribution in [0.15, 0.2) is 32.8 Å². The second kappa shape index (κ2) is 10.2. The lowest BCUT2D eigenvalue weighted by molar-refractivity contribution is -0.144. The van der Waals surface area contributed by atoms with Gasteiger partial charge in [-0.1, -0.05) is 29.3 Å². The highest BCUT2D eigenvalue weighted by Gasteiger charge is 2.38. The molecule has 9 nitrogen and oxygen atoms in total. The van der Waals surface area contributed by atoms with Crippen LogP contribution in [0.1, 0.15) is 12.1 Å². The summed E-state index contributed by atoms with van der Waals surface area (Å²) in [5.41, 5.74) is -5.30. The SMILES string of the molecule is C#CCOC(=O)CC1S/C(=N\c2cc(-n3c(=O)cc(C(F)(F)F)n(C)c3=O)c(F)cc2Cl)N(C)C1=O. The molecule has 1 aliphatic heterocycles. The van der Waals surface area contributed by atoms with Gasteiger partial charge in [-0.3, -0.25) is 23.9 Å². The molecule has 2 heterocycles. The first kappa shape index (κ1) is 27.0. The Hall–Kier alpha value is -3.57. The van der Waals surface area contributed by atoms with E-state index in [0.717, 1.165) is 35.8 Å². The maximum Gasteiger partial charge on any atom is 0.431 e. The Kier molecular flexibility index (Phi) is 7.65. The molecule has 36 heavy (non-hydrogen) atoms. The van der Waals surface area contributed by atoms with Gasteiger partial charge in [-0.05, 0) is 12.1 Å². The van der Waals surface area contributed by atoms with Gasteiger partial charge in [0.15, 0.2) is 11.8 Å². The summed E-state index contributed by atoms with van der Waals surface area (Å²) in [6.07, 6.45) is -0.293. The zero-order valence-electron chi connectivity index (χ0n) is 18.4. The molecular formula is C21H15ClF4N4O5S. The summed E-state index contributed by atoms with van der Waals surface area (Å²) in [4.78, 5) is 54.5. The van der Waals surface area contributed by atoms with Gasteiger partial charge in [0.2, 0.25) is 5.91 Å². The Morgan fingerprint density at radius 1 is 1.25 bits per heavy atom. The summed E-state index contributed by atoms with van der Waals surface area (Å²) in [6, 6.07) is 1.76. The Balaban J connectivity index is 2.04. The molecule has 3 rings (SSSR count). The van der Waals surface area contributed by atoms with Gasteiger partial charge in [-0.15, -0.1) is 6.42 Å². The fraction of sp³-hybridized carbons (Fsp3) is 0.286. The number of carbonyl (C=O) groups is 2. The molecule has 1 aliphatic rings. The maximum atomic E-state index is 14.7. The predicted molar refractivity (Wildman–Crippen MR) is 123 cm³/mol. The first-order valence-electron chi connectivity index (χ1n) is 9.78. The number of halogens is 5. The molecule has 0 saturated carbocycles. The van der Waals surface area contributed by atoms with Gasteiger partial charge in [-0.25, -0.2) is 18.7 Å². The second-order valence-electron chi connectivity index (χ2n) is 7.26. The number of carbonyl (C=O) groups excluding carboxylic acids is 2. The van der Waals surface area contributed by atoms with Gasteiger partial charge in [0.1, 0.15) is 16.8 Å². The Bertz CT molecular complexity index is 1440. The van der Waals surface area contributed by atoms with Crippen LogP contribution in [-0.4, -0.2) is 50.0 Å². The lowest BCUT2D eigenvalue weighted by Gasteiger charge is -2.15. The number of amides is 1. The minimum Gasteiger partial charge on any atom is -0.452 e. The van der Waals surface area contributed by atoms with Crippen molar-refractivity contribution in [3.05, 3.63) is 55.6 Å². The number of hydrogen-bond donors (Lipinski definition) is 0. The molecular weight excluding hydrogens is 532 g/mol. The number of ether oxygens (including phenoxy) is 1. The number of hydrogen-bond acceptors (Lipinski definition) is 7. The van der Waals surface area contributed by atoms with Crippen molar-refractivity contribution >= 4 is 46.1 Å². The van der Waals surface area contributed by atoms with Crippen molar-refractivity contribution < 1.29 is 31.9 Å². The number of terminal acetylenes is 1. The van der Waals surface area contributed by atoms with Crippen LogP contribution in [0.2, 0.25) is 5.02 Å². The van der Waals surface area contributed by atoms with Crippen molar-refractivity contribution in [3.8, 4) is 18.0 Å². The van der Waals surface area contributed by atoms with Crippen molar-refractivity contribution in [2.45, 2.75) is 17.8 Å². The number of thioether (sulfide) groups is 1. The van der Waals surface area contributed by atoms with Crippen LogP contribution in [0.5, 0.6) is 0 Å². The third-order valence-electron chi connectivity index (χ3n) is 4.89. The number of esters is 1. The number of rotatable bonds is 5. The molecule has 190 valence electrons. The highest BCUT2D eigenvalue weighted by atomic mass is 35.5. The topological polar surface area (TPSA) is 103 Å². The van der Waals surface area contributed by atoms with Crippen LogP contribution >= 0.6 is 23.4 Å². The number of nitrogens with zero attached hydrogens (tertiary/aromatic N) is 4. The van der Waals surface area contributed by atoms with E-state index >= 15 is 0 Å². The zero-order valence-corrected chi connectivity index (χ0v) is 20.0. The summed E-state index contributed by atoms with van der Waals surface area (Å²) in [7, 11) is 2.13. The Morgan fingerprint density at radius 2 is 1.92 bits per heavy atom. The zero-order chi connectivity index (χ0) is 26.9. The fourth-order valence-corrected chi connectivity index (χ4v) is 4.46. The standard InChI is InChI=1S/C21H15ClF4N4O5S/c1-4-5-35-17(32)8-14-18(33)29(3)19(36-14)27-12-7-13(11(23)6-10(12)22)30-16(31)9-15(21(24,25)26)28(2)20(30)34/h1,6-7,9,14H,5,8H2,2-3H3/b27-19-. The first-order valence-corrected chi connectivity index (χ1v) is 11.0. The lowest BCUT2D eigenvalue weighted by Crippen LogP contribution is -2.41. The molecule has 1 aromatic carbocycles. The number of alkyl halides is 3. The molecule has 15 heteroatoms. The second-order valence-corrected chi connectivity index (χ2v) is 8.84. The van der Waals surface area contributed by atoms with E-state index in [0.29, 0.717) is 0 Å². The van der Waals surface area contributed by atoms with Crippen molar-refractivity contribution in [3.63, 3.8) is 0 Å². The van der Waals surface area contributed by atoms with Crippen LogP contribution in [0.3, 0.4) is 0 Å². The summed E-state index contributed by atoms with van der Waals surface area (Å²) < 4.78 is 59.2. The maximum absolute atomic E-state index is 14.7. The van der Waals surface area contributed by atoms with E-state index in [1.807, 2.05) is 0 Å². The van der Waals surface area contributed by atoms with Gasteiger partial charge < -0.3 is 4.74 Å². The molecule has 1 unspecified atom stereocenters. The lowest BCUT2D eigenvalue weighted by atomic mass is 10.2. The van der Waals surface area contributed by atoms with Gasteiger partial charge in [0.25, 0.3) is 5.56 Å². The Morgan fingerprint density at radius 3 is 2.53 bits per heavy atom. The van der Waals surface area contributed by atoms with Crippen molar-refractivity contribution in [2.24, 2.45) is 12.0 Å². The quantitative estimate of drug-likeness (QED) is 0.324. The van der Waals surface area contributed by atoms with Crippen molar-refractivity contribution in [1.82, 2.24) is 14.0 Å². The average molecular weight is 547 g/mol. The molecule has 1 saturated heterocycles. The van der Waals surface area contributed by atoms with E-state index in [9.17, 15) is 36.7 Å². The molecule has 0 aliphatic carbocycles. The first-order chi connectivity index (χ1) is 16.8. The molecule has 0 bridgehead atoms. The highest BCUT2D eigenvalue weighted by molar-refractivity contribution is 8.15. The number of benzene rings is 1. The minimum atomic E-state index is -5.00. The monoisotopic (exact) mass is 546 g/mol. The number of aliphatic imine (C=N–C) groups is 1. The molecule has 2 aromatic rings. The third-order valence-corrected chi connectivity index (χ3v) is 6.42. The minimum absolute atomic E-state index is 0.0434.